The van der Waals surface area contributed by atoms with E-state index in [0.717, 1.165) is 9.80 Å². The highest BCUT2D eigenvalue weighted by Crippen LogP contribution is 2.22. The quantitative estimate of drug-likeness (QED) is 0.479. The molecule has 0 radical (unpaired) electrons. The lowest BCUT2D eigenvalue weighted by atomic mass is 10.2. The van der Waals surface area contributed by atoms with Crippen LogP contribution in [0.1, 0.15) is 5.56 Å². The van der Waals surface area contributed by atoms with Gasteiger partial charge in [0.25, 0.3) is 0 Å². The highest BCUT2D eigenvalue weighted by molar-refractivity contribution is 9.10. The molecule has 0 atom stereocenters. The molecule has 0 aromatic heterocycles. The molecule has 1 heterocycles. The highest BCUT2D eigenvalue weighted by atomic mass is 79.9. The number of amides is 4. The molecule has 1 aliphatic heterocycles. The number of urea groups is 1. The first-order valence-electron chi connectivity index (χ1n) is 5.68. The Hall–Kier alpha value is -2.02. The van der Waals surface area contributed by atoms with Gasteiger partial charge in [0.2, 0.25) is 0 Å². The zero-order chi connectivity index (χ0) is 14.9. The topological polar surface area (TPSA) is 57.7 Å². The van der Waals surface area contributed by atoms with Crippen molar-refractivity contribution in [2.75, 3.05) is 6.54 Å². The zero-order valence-corrected chi connectivity index (χ0v) is 11.9. The molecule has 1 aromatic rings. The molecule has 4 amide bonds. The van der Waals surface area contributed by atoms with Gasteiger partial charge in [-0.2, -0.15) is 0 Å². The average molecular weight is 341 g/mol. The van der Waals surface area contributed by atoms with Crippen LogP contribution in [-0.4, -0.2) is 34.2 Å². The third kappa shape index (κ3) is 2.49. The second-order valence-electron chi connectivity index (χ2n) is 4.11. The summed E-state index contributed by atoms with van der Waals surface area (Å²) in [5.74, 6) is -2.31. The molecule has 7 heteroatoms. The van der Waals surface area contributed by atoms with E-state index in [1.165, 1.54) is 24.3 Å². The van der Waals surface area contributed by atoms with Crippen molar-refractivity contribution in [2.24, 2.45) is 0 Å². The van der Waals surface area contributed by atoms with Gasteiger partial charge in [0.1, 0.15) is 5.82 Å². The summed E-state index contributed by atoms with van der Waals surface area (Å²) in [5, 5.41) is 0. The number of imide groups is 2. The molecule has 0 unspecified atom stereocenters. The second-order valence-corrected chi connectivity index (χ2v) is 4.97. The molecule has 104 valence electrons. The molecular weight excluding hydrogens is 331 g/mol. The minimum atomic E-state index is -0.923. The summed E-state index contributed by atoms with van der Waals surface area (Å²) < 4.78 is 13.7. The van der Waals surface area contributed by atoms with Crippen molar-refractivity contribution in [2.45, 2.75) is 6.54 Å². The summed E-state index contributed by atoms with van der Waals surface area (Å²) >= 11 is 3.21. The number of hydrogen-bond donors (Lipinski definition) is 0. The average Bonchev–Trinajstić information content (AvgIpc) is 2.61. The van der Waals surface area contributed by atoms with Crippen molar-refractivity contribution in [1.82, 2.24) is 9.80 Å². The minimum absolute atomic E-state index is 0.0375. The lowest BCUT2D eigenvalue weighted by Crippen LogP contribution is -2.33. The molecule has 0 bridgehead atoms. The fourth-order valence-electron chi connectivity index (χ4n) is 1.81. The van der Waals surface area contributed by atoms with Crippen LogP contribution >= 0.6 is 15.9 Å². The Morgan fingerprint density at radius 3 is 2.50 bits per heavy atom. The monoisotopic (exact) mass is 340 g/mol. The lowest BCUT2D eigenvalue weighted by Gasteiger charge is -2.15. The smallest absolute Gasteiger partial charge is 0.263 e. The normalized spacial score (nSPS) is 15.2. The van der Waals surface area contributed by atoms with Crippen LogP contribution in [0, 0.1) is 5.82 Å². The van der Waals surface area contributed by atoms with Crippen LogP contribution in [0.2, 0.25) is 0 Å². The number of rotatable bonds is 4. The van der Waals surface area contributed by atoms with Crippen LogP contribution in [0.3, 0.4) is 0 Å². The van der Waals surface area contributed by atoms with Crippen molar-refractivity contribution in [3.05, 3.63) is 46.7 Å². The van der Waals surface area contributed by atoms with Gasteiger partial charge < -0.3 is 0 Å². The van der Waals surface area contributed by atoms with E-state index in [9.17, 15) is 18.8 Å². The highest BCUT2D eigenvalue weighted by Gasteiger charge is 2.43. The Kier molecular flexibility index (Phi) is 3.99. The zero-order valence-electron chi connectivity index (χ0n) is 10.3. The van der Waals surface area contributed by atoms with E-state index < -0.39 is 23.7 Å². The third-order valence-electron chi connectivity index (χ3n) is 2.78. The standard InChI is InChI=1S/C13H10BrFN2O3/c1-2-5-16-11(18)12(19)17(13(16)20)7-8-6-9(15)3-4-10(8)14/h2-4,6H,1,5,7H2. The van der Waals surface area contributed by atoms with E-state index in [-0.39, 0.29) is 13.1 Å². The van der Waals surface area contributed by atoms with Crippen LogP contribution in [0.25, 0.3) is 0 Å². The first-order chi connectivity index (χ1) is 9.45. The number of benzene rings is 1. The number of hydrogen-bond acceptors (Lipinski definition) is 3. The minimum Gasteiger partial charge on any atom is -0.263 e. The molecule has 1 saturated heterocycles. The van der Waals surface area contributed by atoms with Gasteiger partial charge in [-0.1, -0.05) is 22.0 Å². The van der Waals surface area contributed by atoms with Gasteiger partial charge in [-0.3, -0.25) is 19.4 Å². The maximum atomic E-state index is 13.2. The largest absolute Gasteiger partial charge is 0.334 e. The molecule has 20 heavy (non-hydrogen) atoms. The van der Waals surface area contributed by atoms with Gasteiger partial charge in [-0.25, -0.2) is 9.18 Å². The Morgan fingerprint density at radius 1 is 1.20 bits per heavy atom. The van der Waals surface area contributed by atoms with E-state index in [0.29, 0.717) is 10.0 Å². The van der Waals surface area contributed by atoms with Crippen molar-refractivity contribution >= 4 is 33.8 Å². The predicted octanol–water partition coefficient (Wildman–Crippen LogP) is 2.06. The third-order valence-corrected chi connectivity index (χ3v) is 3.56. The molecule has 0 aliphatic carbocycles. The Labute approximate surface area is 122 Å². The SMILES string of the molecule is C=CCN1C(=O)C(=O)N(Cc2cc(F)ccc2Br)C1=O. The molecule has 0 N–H and O–H groups in total. The Balaban J connectivity index is 2.27. The predicted molar refractivity (Wildman–Crippen MR) is 72.0 cm³/mol. The van der Waals surface area contributed by atoms with Gasteiger partial charge >= 0.3 is 17.8 Å². The summed E-state index contributed by atoms with van der Waals surface area (Å²) in [4.78, 5) is 37.0. The number of nitrogens with zero attached hydrogens (tertiary/aromatic N) is 2. The Morgan fingerprint density at radius 2 is 1.85 bits per heavy atom. The van der Waals surface area contributed by atoms with Crippen molar-refractivity contribution in [3.63, 3.8) is 0 Å². The number of carbonyl (C=O) groups excluding carboxylic acids is 3. The van der Waals surface area contributed by atoms with Crippen LogP contribution in [0.15, 0.2) is 35.3 Å². The van der Waals surface area contributed by atoms with E-state index in [4.69, 9.17) is 0 Å². The first kappa shape index (κ1) is 14.4. The number of carbonyl (C=O) groups is 3. The summed E-state index contributed by atoms with van der Waals surface area (Å²) in [6.45, 7) is 3.21. The molecule has 1 fully saturated rings. The molecule has 0 spiro atoms. The Bertz CT molecular complexity index is 618. The fourth-order valence-corrected chi connectivity index (χ4v) is 2.19. The fraction of sp³-hybridized carbons (Fsp3) is 0.154. The molecule has 1 aliphatic rings. The number of halogens is 2. The van der Waals surface area contributed by atoms with E-state index in [1.54, 1.807) is 0 Å². The van der Waals surface area contributed by atoms with Crippen molar-refractivity contribution < 1.29 is 18.8 Å². The summed E-state index contributed by atoms with van der Waals surface area (Å²) in [6.07, 6.45) is 1.35. The van der Waals surface area contributed by atoms with Crippen LogP contribution in [-0.2, 0) is 16.1 Å². The van der Waals surface area contributed by atoms with Gasteiger partial charge in [-0.15, -0.1) is 6.58 Å². The van der Waals surface area contributed by atoms with Gasteiger partial charge in [0.15, 0.2) is 0 Å². The molecule has 2 rings (SSSR count). The first-order valence-corrected chi connectivity index (χ1v) is 6.47. The van der Waals surface area contributed by atoms with Gasteiger partial charge in [0, 0.05) is 11.0 Å². The van der Waals surface area contributed by atoms with Gasteiger partial charge in [-0.05, 0) is 23.8 Å². The van der Waals surface area contributed by atoms with Gasteiger partial charge in [0.05, 0.1) is 6.54 Å². The lowest BCUT2D eigenvalue weighted by molar-refractivity contribution is -0.143. The van der Waals surface area contributed by atoms with Crippen LogP contribution in [0.4, 0.5) is 9.18 Å². The molecule has 0 saturated carbocycles. The maximum absolute atomic E-state index is 13.2. The van der Waals surface area contributed by atoms with Crippen molar-refractivity contribution in [1.29, 1.82) is 0 Å². The van der Waals surface area contributed by atoms with E-state index in [1.807, 2.05) is 0 Å². The summed E-state index contributed by atoms with van der Waals surface area (Å²) in [7, 11) is 0. The van der Waals surface area contributed by atoms with Crippen LogP contribution in [0.5, 0.6) is 0 Å². The molecular formula is C13H10BrFN2O3. The van der Waals surface area contributed by atoms with E-state index >= 15 is 0 Å². The van der Waals surface area contributed by atoms with Crippen LogP contribution < -0.4 is 0 Å². The van der Waals surface area contributed by atoms with Crippen molar-refractivity contribution in [3.8, 4) is 0 Å². The molecule has 1 aromatic carbocycles. The summed E-state index contributed by atoms with van der Waals surface area (Å²) in [6, 6.07) is 3.19. The summed E-state index contributed by atoms with van der Waals surface area (Å²) in [5.41, 5.74) is 0.403. The van der Waals surface area contributed by atoms with E-state index in [2.05, 4.69) is 22.5 Å². The second kappa shape index (κ2) is 5.54. The maximum Gasteiger partial charge on any atom is 0.334 e. The molecule has 5 nitrogen and oxygen atoms in total.